The van der Waals surface area contributed by atoms with Crippen molar-refractivity contribution in [3.05, 3.63) is 12.2 Å². The molecule has 1 atom stereocenters. The van der Waals surface area contributed by atoms with E-state index in [1.165, 1.54) is 12.5 Å². The van der Waals surface area contributed by atoms with Crippen LogP contribution in [0.4, 0.5) is 8.78 Å². The van der Waals surface area contributed by atoms with E-state index in [1.54, 1.807) is 6.08 Å². The lowest BCUT2D eigenvalue weighted by atomic mass is 9.93. The number of allylic oxidation sites excluding steroid dienone is 1. The van der Waals surface area contributed by atoms with E-state index in [1.807, 2.05) is 0 Å². The summed E-state index contributed by atoms with van der Waals surface area (Å²) in [5.74, 6) is -3.16. The van der Waals surface area contributed by atoms with E-state index in [2.05, 4.69) is 5.32 Å². The lowest BCUT2D eigenvalue weighted by Crippen LogP contribution is -2.38. The van der Waals surface area contributed by atoms with Gasteiger partial charge < -0.3 is 5.32 Å². The van der Waals surface area contributed by atoms with Crippen LogP contribution in [-0.2, 0) is 4.79 Å². The summed E-state index contributed by atoms with van der Waals surface area (Å²) in [7, 11) is 0. The van der Waals surface area contributed by atoms with Crippen LogP contribution < -0.4 is 5.32 Å². The SMILES string of the molecule is O=C(/C=C/CC1CC1(F)F)NC1CCC1. The predicted molar refractivity (Wildman–Crippen MR) is 52.6 cm³/mol. The molecule has 0 aromatic rings. The molecule has 2 rings (SSSR count). The fraction of sp³-hybridized carbons (Fsp3) is 0.727. The maximum absolute atomic E-state index is 12.5. The zero-order valence-electron chi connectivity index (χ0n) is 8.51. The van der Waals surface area contributed by atoms with Gasteiger partial charge in [0.2, 0.25) is 5.91 Å². The second kappa shape index (κ2) is 3.91. The van der Waals surface area contributed by atoms with Gasteiger partial charge in [0.25, 0.3) is 5.92 Å². The Morgan fingerprint density at radius 2 is 2.13 bits per heavy atom. The molecule has 0 aromatic heterocycles. The summed E-state index contributed by atoms with van der Waals surface area (Å²) in [5.41, 5.74) is 0. The normalized spacial score (nSPS) is 28.8. The maximum atomic E-state index is 12.5. The van der Waals surface area contributed by atoms with E-state index < -0.39 is 11.8 Å². The van der Waals surface area contributed by atoms with Gasteiger partial charge in [-0.05, 0) is 31.8 Å². The van der Waals surface area contributed by atoms with Crippen LogP contribution in [-0.4, -0.2) is 17.9 Å². The Balaban J connectivity index is 1.63. The van der Waals surface area contributed by atoms with Crippen LogP contribution in [0.1, 0.15) is 32.1 Å². The summed E-state index contributed by atoms with van der Waals surface area (Å²) < 4.78 is 24.9. The number of carbonyl (C=O) groups is 1. The molecule has 1 amide bonds. The molecule has 0 aromatic carbocycles. The number of hydrogen-bond acceptors (Lipinski definition) is 1. The largest absolute Gasteiger partial charge is 0.350 e. The number of rotatable bonds is 4. The highest BCUT2D eigenvalue weighted by molar-refractivity contribution is 5.87. The van der Waals surface area contributed by atoms with Gasteiger partial charge in [-0.2, -0.15) is 0 Å². The average Bonchev–Trinajstić information content (AvgIpc) is 2.67. The second-order valence-corrected chi connectivity index (χ2v) is 4.44. The van der Waals surface area contributed by atoms with Gasteiger partial charge in [0.1, 0.15) is 0 Å². The van der Waals surface area contributed by atoms with Crippen LogP contribution >= 0.6 is 0 Å². The lowest BCUT2D eigenvalue weighted by molar-refractivity contribution is -0.117. The average molecular weight is 215 g/mol. The fourth-order valence-electron chi connectivity index (χ4n) is 1.67. The molecule has 2 saturated carbocycles. The summed E-state index contributed by atoms with van der Waals surface area (Å²) in [5, 5.41) is 2.82. The number of carbonyl (C=O) groups excluding carboxylic acids is 1. The number of halogens is 2. The molecule has 84 valence electrons. The van der Waals surface area contributed by atoms with Crippen LogP contribution in [0, 0.1) is 5.92 Å². The van der Waals surface area contributed by atoms with E-state index >= 15 is 0 Å². The van der Waals surface area contributed by atoms with Crippen molar-refractivity contribution >= 4 is 5.91 Å². The van der Waals surface area contributed by atoms with Crippen molar-refractivity contribution in [1.29, 1.82) is 0 Å². The molecule has 0 saturated heterocycles. The highest BCUT2D eigenvalue weighted by Gasteiger charge is 2.55. The monoisotopic (exact) mass is 215 g/mol. The third kappa shape index (κ3) is 2.76. The molecule has 1 unspecified atom stereocenters. The van der Waals surface area contributed by atoms with Gasteiger partial charge in [-0.15, -0.1) is 0 Å². The minimum Gasteiger partial charge on any atom is -0.350 e. The molecule has 0 spiro atoms. The first-order chi connectivity index (χ1) is 7.08. The van der Waals surface area contributed by atoms with Gasteiger partial charge in [0.05, 0.1) is 0 Å². The van der Waals surface area contributed by atoms with Gasteiger partial charge in [-0.25, -0.2) is 8.78 Å². The molecule has 0 aliphatic heterocycles. The number of hydrogen-bond donors (Lipinski definition) is 1. The first-order valence-corrected chi connectivity index (χ1v) is 5.43. The van der Waals surface area contributed by atoms with Crippen LogP contribution in [0.2, 0.25) is 0 Å². The molecule has 1 N–H and O–H groups in total. The van der Waals surface area contributed by atoms with E-state index in [-0.39, 0.29) is 12.3 Å². The van der Waals surface area contributed by atoms with Crippen molar-refractivity contribution in [2.24, 2.45) is 5.92 Å². The van der Waals surface area contributed by atoms with E-state index in [9.17, 15) is 13.6 Å². The highest BCUT2D eigenvalue weighted by atomic mass is 19.3. The predicted octanol–water partition coefficient (Wildman–Crippen LogP) is 2.26. The molecule has 0 heterocycles. The third-order valence-electron chi connectivity index (χ3n) is 3.10. The van der Waals surface area contributed by atoms with Crippen molar-refractivity contribution in [3.63, 3.8) is 0 Å². The molecule has 2 nitrogen and oxygen atoms in total. The first kappa shape index (κ1) is 10.6. The first-order valence-electron chi connectivity index (χ1n) is 5.43. The Morgan fingerprint density at radius 1 is 1.47 bits per heavy atom. The molecular formula is C11H15F2NO. The molecular weight excluding hydrogens is 200 g/mol. The molecule has 2 aliphatic carbocycles. The van der Waals surface area contributed by atoms with Crippen LogP contribution in [0.5, 0.6) is 0 Å². The molecule has 2 fully saturated rings. The van der Waals surface area contributed by atoms with Gasteiger partial charge in [0.15, 0.2) is 0 Å². The van der Waals surface area contributed by atoms with Gasteiger partial charge in [-0.1, -0.05) is 6.08 Å². The number of nitrogens with one attached hydrogen (secondary N) is 1. The van der Waals surface area contributed by atoms with Crippen LogP contribution in [0.15, 0.2) is 12.2 Å². The van der Waals surface area contributed by atoms with E-state index in [0.717, 1.165) is 12.8 Å². The summed E-state index contributed by atoms with van der Waals surface area (Å²) in [4.78, 5) is 11.2. The summed E-state index contributed by atoms with van der Waals surface area (Å²) in [6.45, 7) is 0. The van der Waals surface area contributed by atoms with E-state index in [4.69, 9.17) is 0 Å². The highest BCUT2D eigenvalue weighted by Crippen LogP contribution is 2.50. The summed E-state index contributed by atoms with van der Waals surface area (Å²) in [6.07, 6.45) is 6.47. The van der Waals surface area contributed by atoms with Crippen molar-refractivity contribution in [2.75, 3.05) is 0 Å². The summed E-state index contributed by atoms with van der Waals surface area (Å²) >= 11 is 0. The number of alkyl halides is 2. The van der Waals surface area contributed by atoms with Gasteiger partial charge >= 0.3 is 0 Å². The lowest BCUT2D eigenvalue weighted by Gasteiger charge is -2.25. The van der Waals surface area contributed by atoms with Crippen molar-refractivity contribution in [2.45, 2.75) is 44.1 Å². The Bertz CT molecular complexity index is 284. The standard InChI is InChI=1S/C11H15F2NO/c12-11(13)7-8(11)3-1-6-10(15)14-9-4-2-5-9/h1,6,8-9H,2-5,7H2,(H,14,15)/b6-1+. The zero-order chi connectivity index (χ0) is 10.9. The van der Waals surface area contributed by atoms with Crippen LogP contribution in [0.3, 0.4) is 0 Å². The Kier molecular flexibility index (Phi) is 2.76. The quantitative estimate of drug-likeness (QED) is 0.716. The number of amides is 1. The molecule has 2 aliphatic rings. The Labute approximate surface area is 87.7 Å². The van der Waals surface area contributed by atoms with Crippen molar-refractivity contribution in [3.8, 4) is 0 Å². The third-order valence-corrected chi connectivity index (χ3v) is 3.10. The van der Waals surface area contributed by atoms with Crippen LogP contribution in [0.25, 0.3) is 0 Å². The maximum Gasteiger partial charge on any atom is 0.251 e. The van der Waals surface area contributed by atoms with E-state index in [0.29, 0.717) is 12.5 Å². The summed E-state index contributed by atoms with van der Waals surface area (Å²) in [6, 6.07) is 0.310. The van der Waals surface area contributed by atoms with Gasteiger partial charge in [0, 0.05) is 18.4 Å². The van der Waals surface area contributed by atoms with Gasteiger partial charge in [-0.3, -0.25) is 4.79 Å². The van der Waals surface area contributed by atoms with Crippen molar-refractivity contribution < 1.29 is 13.6 Å². The molecule has 0 radical (unpaired) electrons. The minimum absolute atomic E-state index is 0.0262. The Hall–Kier alpha value is -0.930. The fourth-order valence-corrected chi connectivity index (χ4v) is 1.67. The second-order valence-electron chi connectivity index (χ2n) is 4.44. The topological polar surface area (TPSA) is 29.1 Å². The minimum atomic E-state index is -2.48. The Morgan fingerprint density at radius 3 is 2.60 bits per heavy atom. The van der Waals surface area contributed by atoms with Crippen molar-refractivity contribution in [1.82, 2.24) is 5.32 Å². The molecule has 0 bridgehead atoms. The smallest absolute Gasteiger partial charge is 0.251 e. The molecule has 15 heavy (non-hydrogen) atoms. The molecule has 4 heteroatoms. The zero-order valence-corrected chi connectivity index (χ0v) is 8.51.